The summed E-state index contributed by atoms with van der Waals surface area (Å²) in [5, 5.41) is 9.01. The molecule has 2 nitrogen and oxygen atoms in total. The standard InChI is InChI=1S/C17H18N2/c1-17(13-19,11-14-6-3-2-4-7-14)16-9-5-8-15(10-16)12-18/h2-10H,11,13,19H2,1H3. The monoisotopic (exact) mass is 250 g/mol. The molecule has 0 heterocycles. The summed E-state index contributed by atoms with van der Waals surface area (Å²) in [7, 11) is 0. The topological polar surface area (TPSA) is 49.8 Å². The van der Waals surface area contributed by atoms with Crippen LogP contribution in [0.25, 0.3) is 0 Å². The molecule has 96 valence electrons. The fourth-order valence-electron chi connectivity index (χ4n) is 2.30. The van der Waals surface area contributed by atoms with Crippen LogP contribution in [0.1, 0.15) is 23.6 Å². The highest BCUT2D eigenvalue weighted by atomic mass is 14.6. The SMILES string of the molecule is CC(CN)(Cc1ccccc1)c1cccc(C#N)c1. The van der Waals surface area contributed by atoms with Crippen molar-refractivity contribution in [2.45, 2.75) is 18.8 Å². The van der Waals surface area contributed by atoms with Crippen molar-refractivity contribution in [3.63, 3.8) is 0 Å². The van der Waals surface area contributed by atoms with Gasteiger partial charge in [0.2, 0.25) is 0 Å². The lowest BCUT2D eigenvalue weighted by atomic mass is 9.77. The predicted molar refractivity (Wildman–Crippen MR) is 77.7 cm³/mol. The molecule has 2 heteroatoms. The molecule has 0 bridgehead atoms. The van der Waals surface area contributed by atoms with E-state index in [1.165, 1.54) is 5.56 Å². The fourth-order valence-corrected chi connectivity index (χ4v) is 2.30. The normalized spacial score (nSPS) is 13.5. The van der Waals surface area contributed by atoms with E-state index in [4.69, 9.17) is 11.0 Å². The smallest absolute Gasteiger partial charge is 0.0991 e. The Kier molecular flexibility index (Phi) is 3.99. The quantitative estimate of drug-likeness (QED) is 0.906. The van der Waals surface area contributed by atoms with Gasteiger partial charge in [-0.05, 0) is 29.7 Å². The minimum absolute atomic E-state index is 0.145. The van der Waals surface area contributed by atoms with Gasteiger partial charge in [-0.3, -0.25) is 0 Å². The van der Waals surface area contributed by atoms with E-state index in [0.717, 1.165) is 12.0 Å². The molecule has 0 amide bonds. The Morgan fingerprint density at radius 2 is 1.84 bits per heavy atom. The number of nitrogens with zero attached hydrogens (tertiary/aromatic N) is 1. The second kappa shape index (κ2) is 5.69. The first kappa shape index (κ1) is 13.3. The highest BCUT2D eigenvalue weighted by Gasteiger charge is 2.25. The first-order valence-electron chi connectivity index (χ1n) is 6.42. The lowest BCUT2D eigenvalue weighted by molar-refractivity contribution is 0.481. The van der Waals surface area contributed by atoms with Crippen LogP contribution in [0.5, 0.6) is 0 Å². The molecule has 2 rings (SSSR count). The van der Waals surface area contributed by atoms with Gasteiger partial charge in [-0.2, -0.15) is 5.26 Å². The lowest BCUT2D eigenvalue weighted by Gasteiger charge is -2.29. The van der Waals surface area contributed by atoms with E-state index in [2.05, 4.69) is 31.2 Å². The number of hydrogen-bond acceptors (Lipinski definition) is 2. The van der Waals surface area contributed by atoms with E-state index in [9.17, 15) is 0 Å². The predicted octanol–water partition coefficient (Wildman–Crippen LogP) is 3.02. The molecule has 2 aromatic carbocycles. The van der Waals surface area contributed by atoms with Gasteiger partial charge >= 0.3 is 0 Å². The number of nitrogens with two attached hydrogens (primary N) is 1. The van der Waals surface area contributed by atoms with Gasteiger partial charge in [-0.25, -0.2) is 0 Å². The molecule has 0 aliphatic carbocycles. The molecule has 0 aromatic heterocycles. The van der Waals surface area contributed by atoms with Gasteiger partial charge in [0.1, 0.15) is 0 Å². The summed E-state index contributed by atoms with van der Waals surface area (Å²) >= 11 is 0. The summed E-state index contributed by atoms with van der Waals surface area (Å²) in [5.41, 5.74) is 8.92. The molecule has 0 saturated heterocycles. The average Bonchev–Trinajstić information content (AvgIpc) is 2.48. The van der Waals surface area contributed by atoms with Gasteiger partial charge in [0.15, 0.2) is 0 Å². The zero-order valence-electron chi connectivity index (χ0n) is 11.1. The second-order valence-corrected chi connectivity index (χ2v) is 5.12. The summed E-state index contributed by atoms with van der Waals surface area (Å²) in [5.74, 6) is 0. The molecule has 0 aliphatic heterocycles. The number of nitriles is 1. The molecule has 1 unspecified atom stereocenters. The molecule has 0 saturated carbocycles. The minimum Gasteiger partial charge on any atom is -0.330 e. The van der Waals surface area contributed by atoms with Crippen molar-refractivity contribution in [2.75, 3.05) is 6.54 Å². The summed E-state index contributed by atoms with van der Waals surface area (Å²) in [6.45, 7) is 2.70. The third kappa shape index (κ3) is 3.01. The lowest BCUT2D eigenvalue weighted by Crippen LogP contribution is -2.34. The van der Waals surface area contributed by atoms with Crippen LogP contribution in [0.4, 0.5) is 0 Å². The van der Waals surface area contributed by atoms with E-state index >= 15 is 0 Å². The first-order chi connectivity index (χ1) is 9.18. The fraction of sp³-hybridized carbons (Fsp3) is 0.235. The van der Waals surface area contributed by atoms with Gasteiger partial charge < -0.3 is 5.73 Å². The van der Waals surface area contributed by atoms with Crippen LogP contribution in [0, 0.1) is 11.3 Å². The molecular formula is C17H18N2. The maximum atomic E-state index is 9.01. The zero-order chi connectivity index (χ0) is 13.7. The maximum Gasteiger partial charge on any atom is 0.0991 e. The highest BCUT2D eigenvalue weighted by molar-refractivity contribution is 5.38. The molecule has 1 atom stereocenters. The molecular weight excluding hydrogens is 232 g/mol. The molecule has 0 spiro atoms. The number of rotatable bonds is 4. The molecule has 2 N–H and O–H groups in total. The Balaban J connectivity index is 2.34. The molecule has 2 aromatic rings. The van der Waals surface area contributed by atoms with Crippen molar-refractivity contribution in [3.05, 3.63) is 71.3 Å². The van der Waals surface area contributed by atoms with Gasteiger partial charge in [0, 0.05) is 12.0 Å². The Morgan fingerprint density at radius 3 is 2.47 bits per heavy atom. The largest absolute Gasteiger partial charge is 0.330 e. The Morgan fingerprint density at radius 1 is 1.11 bits per heavy atom. The van der Waals surface area contributed by atoms with E-state index in [1.807, 2.05) is 36.4 Å². The Labute approximate surface area is 114 Å². The van der Waals surface area contributed by atoms with Crippen LogP contribution >= 0.6 is 0 Å². The molecule has 0 aliphatic rings. The van der Waals surface area contributed by atoms with Gasteiger partial charge in [-0.15, -0.1) is 0 Å². The van der Waals surface area contributed by atoms with E-state index in [0.29, 0.717) is 12.1 Å². The zero-order valence-corrected chi connectivity index (χ0v) is 11.1. The first-order valence-corrected chi connectivity index (χ1v) is 6.42. The van der Waals surface area contributed by atoms with Crippen molar-refractivity contribution in [2.24, 2.45) is 5.73 Å². The number of hydrogen-bond donors (Lipinski definition) is 1. The summed E-state index contributed by atoms with van der Waals surface area (Å²) in [6.07, 6.45) is 0.874. The van der Waals surface area contributed by atoms with Crippen molar-refractivity contribution in [1.82, 2.24) is 0 Å². The van der Waals surface area contributed by atoms with Gasteiger partial charge in [-0.1, -0.05) is 49.4 Å². The van der Waals surface area contributed by atoms with Gasteiger partial charge in [0.05, 0.1) is 11.6 Å². The van der Waals surface area contributed by atoms with Crippen LogP contribution in [0.15, 0.2) is 54.6 Å². The third-order valence-electron chi connectivity index (χ3n) is 3.58. The van der Waals surface area contributed by atoms with Crippen LogP contribution in [0.2, 0.25) is 0 Å². The maximum absolute atomic E-state index is 9.01. The Bertz CT molecular complexity index is 584. The van der Waals surface area contributed by atoms with Crippen LogP contribution < -0.4 is 5.73 Å². The van der Waals surface area contributed by atoms with Crippen molar-refractivity contribution in [3.8, 4) is 6.07 Å². The summed E-state index contributed by atoms with van der Waals surface area (Å²) < 4.78 is 0. The highest BCUT2D eigenvalue weighted by Crippen LogP contribution is 2.27. The molecule has 0 radical (unpaired) electrons. The van der Waals surface area contributed by atoms with Crippen LogP contribution in [0.3, 0.4) is 0 Å². The van der Waals surface area contributed by atoms with Crippen molar-refractivity contribution < 1.29 is 0 Å². The van der Waals surface area contributed by atoms with Crippen molar-refractivity contribution in [1.29, 1.82) is 5.26 Å². The third-order valence-corrected chi connectivity index (χ3v) is 3.58. The van der Waals surface area contributed by atoms with Crippen LogP contribution in [-0.2, 0) is 11.8 Å². The summed E-state index contributed by atoms with van der Waals surface area (Å²) in [4.78, 5) is 0. The minimum atomic E-state index is -0.145. The number of benzene rings is 2. The van der Waals surface area contributed by atoms with E-state index in [-0.39, 0.29) is 5.41 Å². The summed E-state index contributed by atoms with van der Waals surface area (Å²) in [6, 6.07) is 20.2. The average molecular weight is 250 g/mol. The van der Waals surface area contributed by atoms with E-state index in [1.54, 1.807) is 0 Å². The van der Waals surface area contributed by atoms with Gasteiger partial charge in [0.25, 0.3) is 0 Å². The van der Waals surface area contributed by atoms with E-state index < -0.39 is 0 Å². The van der Waals surface area contributed by atoms with Crippen molar-refractivity contribution >= 4 is 0 Å². The molecule has 0 fully saturated rings. The Hall–Kier alpha value is -2.11. The van der Waals surface area contributed by atoms with Crippen LogP contribution in [-0.4, -0.2) is 6.54 Å². The molecule has 19 heavy (non-hydrogen) atoms. The second-order valence-electron chi connectivity index (χ2n) is 5.12.